The number of amides is 1. The zero-order valence-electron chi connectivity index (χ0n) is 14.4. The summed E-state index contributed by atoms with van der Waals surface area (Å²) in [5.74, 6) is 2.53. The number of aryl methyl sites for hydroxylation is 3. The molecule has 2 aromatic heterocycles. The van der Waals surface area contributed by atoms with Crippen molar-refractivity contribution in [2.24, 2.45) is 0 Å². The van der Waals surface area contributed by atoms with Gasteiger partial charge in [0, 0.05) is 12.8 Å². The molecule has 2 heterocycles. The zero-order chi connectivity index (χ0) is 17.6. The molecule has 0 fully saturated rings. The van der Waals surface area contributed by atoms with Crippen LogP contribution in [0.25, 0.3) is 0 Å². The van der Waals surface area contributed by atoms with Gasteiger partial charge in [-0.1, -0.05) is 29.8 Å². The molecule has 1 amide bonds. The normalized spacial score (nSPS) is 10.8. The van der Waals surface area contributed by atoms with Crippen molar-refractivity contribution in [3.05, 3.63) is 70.8 Å². The highest BCUT2D eigenvalue weighted by atomic mass is 16.4. The molecule has 0 saturated heterocycles. The lowest BCUT2D eigenvalue weighted by atomic mass is 10.1. The van der Waals surface area contributed by atoms with Crippen molar-refractivity contribution < 1.29 is 13.6 Å². The summed E-state index contributed by atoms with van der Waals surface area (Å²) in [6.07, 6.45) is 1.31. The first-order valence-electron chi connectivity index (χ1n) is 8.27. The molecular weight excluding hydrogens is 318 g/mol. The average Bonchev–Trinajstić information content (AvgIpc) is 3.20. The van der Waals surface area contributed by atoms with E-state index in [0.717, 1.165) is 17.1 Å². The van der Waals surface area contributed by atoms with Gasteiger partial charge in [-0.15, -0.1) is 10.2 Å². The van der Waals surface area contributed by atoms with E-state index in [1.807, 2.05) is 44.2 Å². The van der Waals surface area contributed by atoms with Crippen LogP contribution in [0.3, 0.4) is 0 Å². The van der Waals surface area contributed by atoms with Crippen LogP contribution in [0.5, 0.6) is 0 Å². The molecule has 1 N–H and O–H groups in total. The third-order valence-electron chi connectivity index (χ3n) is 3.77. The predicted octanol–water partition coefficient (Wildman–Crippen LogP) is 3.12. The van der Waals surface area contributed by atoms with Gasteiger partial charge in [0.25, 0.3) is 0 Å². The van der Waals surface area contributed by atoms with Crippen LogP contribution >= 0.6 is 0 Å². The first-order valence-corrected chi connectivity index (χ1v) is 8.27. The number of carbonyl (C=O) groups is 1. The van der Waals surface area contributed by atoms with Gasteiger partial charge in [-0.2, -0.15) is 0 Å². The number of aromatic nitrogens is 2. The Hall–Kier alpha value is -2.89. The Morgan fingerprint density at radius 3 is 2.68 bits per heavy atom. The van der Waals surface area contributed by atoms with Crippen LogP contribution in [0.4, 0.5) is 0 Å². The van der Waals surface area contributed by atoms with E-state index < -0.39 is 0 Å². The van der Waals surface area contributed by atoms with Crippen LogP contribution in [-0.4, -0.2) is 16.1 Å². The smallest absolute Gasteiger partial charge is 0.220 e. The van der Waals surface area contributed by atoms with E-state index in [4.69, 9.17) is 8.83 Å². The molecule has 1 aromatic carbocycles. The van der Waals surface area contributed by atoms with Crippen molar-refractivity contribution in [2.75, 3.05) is 0 Å². The van der Waals surface area contributed by atoms with Crippen LogP contribution in [0, 0.1) is 13.8 Å². The summed E-state index contributed by atoms with van der Waals surface area (Å²) in [6.45, 7) is 4.30. The van der Waals surface area contributed by atoms with Gasteiger partial charge in [-0.25, -0.2) is 0 Å². The summed E-state index contributed by atoms with van der Waals surface area (Å²) >= 11 is 0. The largest absolute Gasteiger partial charge is 0.465 e. The second kappa shape index (κ2) is 7.79. The summed E-state index contributed by atoms with van der Waals surface area (Å²) < 4.78 is 11.0. The SMILES string of the molecule is Cc1cccc(Cc2nnc(CCC(=O)NCc3ccc(C)o3)o2)c1. The Morgan fingerprint density at radius 1 is 1.08 bits per heavy atom. The minimum Gasteiger partial charge on any atom is -0.465 e. The lowest BCUT2D eigenvalue weighted by Gasteiger charge is -2.01. The van der Waals surface area contributed by atoms with Crippen molar-refractivity contribution in [1.29, 1.82) is 0 Å². The molecule has 6 nitrogen and oxygen atoms in total. The summed E-state index contributed by atoms with van der Waals surface area (Å²) in [7, 11) is 0. The van der Waals surface area contributed by atoms with Gasteiger partial charge in [0.1, 0.15) is 11.5 Å². The predicted molar refractivity (Wildman–Crippen MR) is 91.9 cm³/mol. The van der Waals surface area contributed by atoms with Crippen molar-refractivity contribution in [1.82, 2.24) is 15.5 Å². The Bertz CT molecular complexity index is 851. The van der Waals surface area contributed by atoms with E-state index in [1.165, 1.54) is 5.56 Å². The van der Waals surface area contributed by atoms with Crippen LogP contribution in [0.15, 0.2) is 45.2 Å². The van der Waals surface area contributed by atoms with Gasteiger partial charge in [0.2, 0.25) is 17.7 Å². The van der Waals surface area contributed by atoms with Gasteiger partial charge in [0.15, 0.2) is 0 Å². The van der Waals surface area contributed by atoms with E-state index in [-0.39, 0.29) is 5.91 Å². The fourth-order valence-electron chi connectivity index (χ4n) is 2.53. The van der Waals surface area contributed by atoms with Crippen LogP contribution in [0.1, 0.15) is 40.8 Å². The summed E-state index contributed by atoms with van der Waals surface area (Å²) in [6, 6.07) is 11.9. The molecule has 6 heteroatoms. The number of rotatable bonds is 7. The Labute approximate surface area is 146 Å². The van der Waals surface area contributed by atoms with E-state index >= 15 is 0 Å². The number of hydrogen-bond donors (Lipinski definition) is 1. The molecule has 3 rings (SSSR count). The molecule has 0 unspecified atom stereocenters. The fourth-order valence-corrected chi connectivity index (χ4v) is 2.53. The molecule has 0 aliphatic rings. The second-order valence-electron chi connectivity index (χ2n) is 6.04. The van der Waals surface area contributed by atoms with Crippen LogP contribution < -0.4 is 5.32 Å². The molecule has 25 heavy (non-hydrogen) atoms. The maximum atomic E-state index is 11.9. The van der Waals surface area contributed by atoms with E-state index in [2.05, 4.69) is 21.6 Å². The maximum Gasteiger partial charge on any atom is 0.220 e. The Balaban J connectivity index is 1.45. The van der Waals surface area contributed by atoms with Gasteiger partial charge >= 0.3 is 0 Å². The fraction of sp³-hybridized carbons (Fsp3) is 0.316. The highest BCUT2D eigenvalue weighted by Crippen LogP contribution is 2.11. The third kappa shape index (κ3) is 5.04. The topological polar surface area (TPSA) is 81.2 Å². The Kier molecular flexibility index (Phi) is 5.28. The molecule has 0 bridgehead atoms. The van der Waals surface area contributed by atoms with Crippen molar-refractivity contribution in [3.63, 3.8) is 0 Å². The van der Waals surface area contributed by atoms with Gasteiger partial charge < -0.3 is 14.2 Å². The number of hydrogen-bond acceptors (Lipinski definition) is 5. The Morgan fingerprint density at radius 2 is 1.92 bits per heavy atom. The van der Waals surface area contributed by atoms with E-state index in [1.54, 1.807) is 0 Å². The summed E-state index contributed by atoms with van der Waals surface area (Å²) in [5.41, 5.74) is 2.32. The molecule has 0 saturated carbocycles. The number of nitrogens with one attached hydrogen (secondary N) is 1. The molecule has 0 aliphatic carbocycles. The van der Waals surface area contributed by atoms with Crippen molar-refractivity contribution in [3.8, 4) is 0 Å². The molecular formula is C19H21N3O3. The zero-order valence-corrected chi connectivity index (χ0v) is 14.4. The lowest BCUT2D eigenvalue weighted by molar-refractivity contribution is -0.121. The number of benzene rings is 1. The molecule has 130 valence electrons. The quantitative estimate of drug-likeness (QED) is 0.715. The number of furan rings is 1. The first kappa shape index (κ1) is 17.0. The van der Waals surface area contributed by atoms with Gasteiger partial charge in [-0.05, 0) is 31.5 Å². The van der Waals surface area contributed by atoms with Gasteiger partial charge in [0.05, 0.1) is 13.0 Å². The van der Waals surface area contributed by atoms with E-state index in [0.29, 0.717) is 37.6 Å². The highest BCUT2D eigenvalue weighted by molar-refractivity contribution is 5.75. The first-order chi connectivity index (χ1) is 12.1. The number of carbonyl (C=O) groups excluding carboxylic acids is 1. The summed E-state index contributed by atoms with van der Waals surface area (Å²) in [4.78, 5) is 11.9. The minimum atomic E-state index is -0.0764. The monoisotopic (exact) mass is 339 g/mol. The van der Waals surface area contributed by atoms with E-state index in [9.17, 15) is 4.79 Å². The van der Waals surface area contributed by atoms with Crippen LogP contribution in [-0.2, 0) is 24.2 Å². The highest BCUT2D eigenvalue weighted by Gasteiger charge is 2.10. The standard InChI is InChI=1S/C19H21N3O3/c1-13-4-3-5-15(10-13)11-19-22-21-18(25-19)9-8-17(23)20-12-16-7-6-14(2)24-16/h3-7,10H,8-9,11-12H2,1-2H3,(H,20,23). The third-order valence-corrected chi connectivity index (χ3v) is 3.77. The minimum absolute atomic E-state index is 0.0764. The van der Waals surface area contributed by atoms with Crippen molar-refractivity contribution in [2.45, 2.75) is 39.7 Å². The molecule has 3 aromatic rings. The summed E-state index contributed by atoms with van der Waals surface area (Å²) in [5, 5.41) is 10.9. The lowest BCUT2D eigenvalue weighted by Crippen LogP contribution is -2.22. The number of nitrogens with zero attached hydrogens (tertiary/aromatic N) is 2. The molecule has 0 atom stereocenters. The molecule has 0 aliphatic heterocycles. The average molecular weight is 339 g/mol. The van der Waals surface area contributed by atoms with Gasteiger partial charge in [-0.3, -0.25) is 4.79 Å². The van der Waals surface area contributed by atoms with Crippen LogP contribution in [0.2, 0.25) is 0 Å². The van der Waals surface area contributed by atoms with Crippen molar-refractivity contribution >= 4 is 5.91 Å². The molecule has 0 spiro atoms. The second-order valence-corrected chi connectivity index (χ2v) is 6.04. The maximum absolute atomic E-state index is 11.9. The molecule has 0 radical (unpaired) electrons.